The molecule has 0 bridgehead atoms. The van der Waals surface area contributed by atoms with Gasteiger partial charge in [-0.2, -0.15) is 0 Å². The highest BCUT2D eigenvalue weighted by molar-refractivity contribution is 7.99. The normalized spacial score (nSPS) is 11.9. The number of rotatable bonds is 5. The predicted octanol–water partition coefficient (Wildman–Crippen LogP) is 5.58. The lowest BCUT2D eigenvalue weighted by Crippen LogP contribution is -1.97. The Kier molecular flexibility index (Phi) is 4.81. The molecule has 0 N–H and O–H groups in total. The predicted molar refractivity (Wildman–Crippen MR) is 93.6 cm³/mol. The summed E-state index contributed by atoms with van der Waals surface area (Å²) < 4.78 is 5.38. The Balaban J connectivity index is 1.99. The molecular formula is C20H18OS. The molecule has 0 radical (unpaired) electrons. The van der Waals surface area contributed by atoms with Crippen molar-refractivity contribution < 1.29 is 4.74 Å². The molecule has 0 aliphatic rings. The standard InChI is InChI=1S/C20H18OS/c1-21-18-12-8-11-17(15-18)20(16-9-4-2-5-10-16)22-19-13-6-3-7-14-19/h2-15,20H,1H3. The lowest BCUT2D eigenvalue weighted by atomic mass is 10.0. The van der Waals surface area contributed by atoms with Gasteiger partial charge in [0.1, 0.15) is 5.75 Å². The lowest BCUT2D eigenvalue weighted by Gasteiger charge is -2.18. The first-order valence-electron chi connectivity index (χ1n) is 7.27. The highest BCUT2D eigenvalue weighted by atomic mass is 32.2. The second-order valence-corrected chi connectivity index (χ2v) is 6.18. The van der Waals surface area contributed by atoms with Crippen molar-refractivity contribution in [3.8, 4) is 5.75 Å². The quantitative estimate of drug-likeness (QED) is 0.569. The van der Waals surface area contributed by atoms with E-state index in [4.69, 9.17) is 4.74 Å². The SMILES string of the molecule is COc1cccc(C(Sc2ccccc2)c2ccccc2)c1. The van der Waals surface area contributed by atoms with Gasteiger partial charge in [-0.05, 0) is 35.4 Å². The first kappa shape index (κ1) is 14.7. The zero-order chi connectivity index (χ0) is 15.2. The van der Waals surface area contributed by atoms with E-state index >= 15 is 0 Å². The minimum absolute atomic E-state index is 0.249. The number of hydrogen-bond donors (Lipinski definition) is 0. The molecule has 0 fully saturated rings. The van der Waals surface area contributed by atoms with Crippen LogP contribution in [0.5, 0.6) is 5.75 Å². The van der Waals surface area contributed by atoms with E-state index in [9.17, 15) is 0 Å². The number of ether oxygens (including phenoxy) is 1. The zero-order valence-electron chi connectivity index (χ0n) is 12.5. The summed E-state index contributed by atoms with van der Waals surface area (Å²) in [7, 11) is 1.71. The van der Waals surface area contributed by atoms with E-state index in [1.54, 1.807) is 7.11 Å². The summed E-state index contributed by atoms with van der Waals surface area (Å²) in [6, 6.07) is 29.4. The Hall–Kier alpha value is -2.19. The first-order chi connectivity index (χ1) is 10.9. The third-order valence-corrected chi connectivity index (χ3v) is 4.82. The fraction of sp³-hybridized carbons (Fsp3) is 0.100. The summed E-state index contributed by atoms with van der Waals surface area (Å²) in [5, 5.41) is 0.249. The average molecular weight is 306 g/mol. The molecule has 0 aliphatic carbocycles. The first-order valence-corrected chi connectivity index (χ1v) is 8.15. The Morgan fingerprint density at radius 2 is 1.36 bits per heavy atom. The van der Waals surface area contributed by atoms with Crippen LogP contribution in [0.2, 0.25) is 0 Å². The summed E-state index contributed by atoms with van der Waals surface area (Å²) in [6.07, 6.45) is 0. The Morgan fingerprint density at radius 1 is 0.727 bits per heavy atom. The van der Waals surface area contributed by atoms with E-state index in [1.807, 2.05) is 23.9 Å². The van der Waals surface area contributed by atoms with Gasteiger partial charge in [0.15, 0.2) is 0 Å². The van der Waals surface area contributed by atoms with Crippen molar-refractivity contribution in [1.29, 1.82) is 0 Å². The topological polar surface area (TPSA) is 9.23 Å². The van der Waals surface area contributed by atoms with Gasteiger partial charge in [0, 0.05) is 4.90 Å². The summed E-state index contributed by atoms with van der Waals surface area (Å²) in [5.74, 6) is 0.895. The van der Waals surface area contributed by atoms with Crippen LogP contribution in [0.4, 0.5) is 0 Å². The van der Waals surface area contributed by atoms with Gasteiger partial charge >= 0.3 is 0 Å². The monoisotopic (exact) mass is 306 g/mol. The van der Waals surface area contributed by atoms with E-state index in [-0.39, 0.29) is 5.25 Å². The van der Waals surface area contributed by atoms with Crippen molar-refractivity contribution in [2.24, 2.45) is 0 Å². The summed E-state index contributed by atoms with van der Waals surface area (Å²) in [4.78, 5) is 1.26. The van der Waals surface area contributed by atoms with E-state index in [2.05, 4.69) is 72.8 Å². The van der Waals surface area contributed by atoms with Crippen LogP contribution in [-0.4, -0.2) is 7.11 Å². The van der Waals surface area contributed by atoms with Crippen LogP contribution in [0.1, 0.15) is 16.4 Å². The number of hydrogen-bond acceptors (Lipinski definition) is 2. The van der Waals surface area contributed by atoms with E-state index in [1.165, 1.54) is 16.0 Å². The van der Waals surface area contributed by atoms with Gasteiger partial charge in [-0.15, -0.1) is 11.8 Å². The summed E-state index contributed by atoms with van der Waals surface area (Å²) in [6.45, 7) is 0. The number of thioether (sulfide) groups is 1. The average Bonchev–Trinajstić information content (AvgIpc) is 2.61. The molecule has 0 spiro atoms. The molecule has 2 heteroatoms. The molecule has 0 amide bonds. The Morgan fingerprint density at radius 3 is 2.05 bits per heavy atom. The minimum Gasteiger partial charge on any atom is -0.497 e. The maximum atomic E-state index is 5.38. The van der Waals surface area contributed by atoms with Crippen molar-refractivity contribution in [2.75, 3.05) is 7.11 Å². The van der Waals surface area contributed by atoms with Crippen molar-refractivity contribution in [2.45, 2.75) is 10.1 Å². The summed E-state index contributed by atoms with van der Waals surface area (Å²) in [5.41, 5.74) is 2.55. The van der Waals surface area contributed by atoms with Crippen LogP contribution in [0.15, 0.2) is 89.8 Å². The third kappa shape index (κ3) is 3.52. The van der Waals surface area contributed by atoms with E-state index < -0.39 is 0 Å². The van der Waals surface area contributed by atoms with Crippen LogP contribution in [0, 0.1) is 0 Å². The Labute approximate surface area is 136 Å². The maximum Gasteiger partial charge on any atom is 0.119 e. The molecule has 110 valence electrons. The van der Waals surface area contributed by atoms with Crippen LogP contribution in [0.25, 0.3) is 0 Å². The summed E-state index contributed by atoms with van der Waals surface area (Å²) >= 11 is 1.86. The van der Waals surface area contributed by atoms with Crippen molar-refractivity contribution in [1.82, 2.24) is 0 Å². The molecule has 0 heterocycles. The van der Waals surface area contributed by atoms with E-state index in [0.717, 1.165) is 5.75 Å². The molecule has 0 saturated heterocycles. The van der Waals surface area contributed by atoms with Crippen molar-refractivity contribution in [3.63, 3.8) is 0 Å². The molecule has 0 aromatic heterocycles. The van der Waals surface area contributed by atoms with Crippen LogP contribution in [0.3, 0.4) is 0 Å². The fourth-order valence-electron chi connectivity index (χ4n) is 2.40. The molecule has 3 rings (SSSR count). The third-order valence-electron chi connectivity index (χ3n) is 3.50. The smallest absolute Gasteiger partial charge is 0.119 e. The second-order valence-electron chi connectivity index (χ2n) is 5.00. The van der Waals surface area contributed by atoms with Crippen LogP contribution in [-0.2, 0) is 0 Å². The van der Waals surface area contributed by atoms with E-state index in [0.29, 0.717) is 0 Å². The lowest BCUT2D eigenvalue weighted by molar-refractivity contribution is 0.414. The van der Waals surface area contributed by atoms with Gasteiger partial charge in [-0.25, -0.2) is 0 Å². The van der Waals surface area contributed by atoms with Crippen molar-refractivity contribution >= 4 is 11.8 Å². The van der Waals surface area contributed by atoms with Crippen molar-refractivity contribution in [3.05, 3.63) is 96.1 Å². The van der Waals surface area contributed by atoms with Crippen LogP contribution < -0.4 is 4.74 Å². The number of benzene rings is 3. The van der Waals surface area contributed by atoms with Gasteiger partial charge in [-0.1, -0.05) is 60.7 Å². The van der Waals surface area contributed by atoms with Gasteiger partial charge in [0.05, 0.1) is 12.4 Å². The largest absolute Gasteiger partial charge is 0.497 e. The fourth-order valence-corrected chi connectivity index (χ4v) is 3.56. The van der Waals surface area contributed by atoms with Gasteiger partial charge in [0.25, 0.3) is 0 Å². The van der Waals surface area contributed by atoms with Crippen LogP contribution >= 0.6 is 11.8 Å². The molecular weight excluding hydrogens is 288 g/mol. The van der Waals surface area contributed by atoms with Gasteiger partial charge in [0.2, 0.25) is 0 Å². The molecule has 0 saturated carbocycles. The molecule has 3 aromatic carbocycles. The molecule has 22 heavy (non-hydrogen) atoms. The Bertz CT molecular complexity index is 710. The minimum atomic E-state index is 0.249. The molecule has 0 aliphatic heterocycles. The molecule has 3 aromatic rings. The maximum absolute atomic E-state index is 5.38. The van der Waals surface area contributed by atoms with Gasteiger partial charge < -0.3 is 4.74 Å². The molecule has 1 atom stereocenters. The second kappa shape index (κ2) is 7.19. The zero-order valence-corrected chi connectivity index (χ0v) is 13.3. The number of methoxy groups -OCH3 is 1. The molecule has 1 unspecified atom stereocenters. The highest BCUT2D eigenvalue weighted by Crippen LogP contribution is 2.41. The highest BCUT2D eigenvalue weighted by Gasteiger charge is 2.16. The van der Waals surface area contributed by atoms with Gasteiger partial charge in [-0.3, -0.25) is 0 Å². The molecule has 1 nitrogen and oxygen atoms in total.